The van der Waals surface area contributed by atoms with Gasteiger partial charge in [-0.3, -0.25) is 19.2 Å². The topological polar surface area (TPSA) is 171 Å². The van der Waals surface area contributed by atoms with Crippen molar-refractivity contribution >= 4 is 35.0 Å². The van der Waals surface area contributed by atoms with E-state index in [1.54, 1.807) is 11.3 Å². The summed E-state index contributed by atoms with van der Waals surface area (Å²) in [5.41, 5.74) is 4.05. The number of nitrogens with one attached hydrogen (secondary N) is 2. The van der Waals surface area contributed by atoms with Crippen LogP contribution in [0.3, 0.4) is 0 Å². The average molecular weight is 688 g/mol. The van der Waals surface area contributed by atoms with Crippen LogP contribution in [0.4, 0.5) is 0 Å². The Morgan fingerprint density at radius 3 is 2.38 bits per heavy atom. The van der Waals surface area contributed by atoms with Crippen molar-refractivity contribution in [2.24, 2.45) is 11.3 Å². The first kappa shape index (κ1) is 37.4. The van der Waals surface area contributed by atoms with Crippen LogP contribution < -0.4 is 10.6 Å². The number of aryl methyl sites for hydroxylation is 1. The second-order valence-corrected chi connectivity index (χ2v) is 14.4. The fraction of sp³-hybridized carbons (Fsp3) is 0.618. The number of β-amino-alcohol motifs (C(OH)–C–C–N with tert-alkyl or cyclic N) is 1. The molecule has 2 aliphatic rings. The van der Waals surface area contributed by atoms with Crippen LogP contribution in [0.15, 0.2) is 29.8 Å². The van der Waals surface area contributed by atoms with Gasteiger partial charge in [0.2, 0.25) is 17.7 Å². The largest absolute Gasteiger partial charge is 0.481 e. The molecule has 0 radical (unpaired) electrons. The lowest BCUT2D eigenvalue weighted by molar-refractivity contribution is -0.144. The summed E-state index contributed by atoms with van der Waals surface area (Å²) in [6.45, 7) is 10.6. The quantitative estimate of drug-likeness (QED) is 0.203. The summed E-state index contributed by atoms with van der Waals surface area (Å²) in [5.74, 6) is -2.27. The van der Waals surface area contributed by atoms with Gasteiger partial charge in [-0.2, -0.15) is 0 Å². The van der Waals surface area contributed by atoms with Crippen molar-refractivity contribution in [3.8, 4) is 10.4 Å². The molecule has 0 saturated carbocycles. The summed E-state index contributed by atoms with van der Waals surface area (Å²) in [4.78, 5) is 59.9. The van der Waals surface area contributed by atoms with Crippen LogP contribution in [0.25, 0.3) is 10.4 Å². The first-order valence-electron chi connectivity index (χ1n) is 16.5. The molecule has 2 aromatic rings. The Kier molecular flexibility index (Phi) is 13.5. The highest BCUT2D eigenvalue weighted by Gasteiger charge is 2.44. The SMILES string of the molecule is Cc1ncsc1-c1ccc(CNC(=O)[C@@H]2C[C@@H](O)CN2C(=O)[C@@H](NC(=O)COCCOCCN2CCC(C(=O)O)CC2)C(C)(C)C)cc1. The smallest absolute Gasteiger partial charge is 0.306 e. The highest BCUT2D eigenvalue weighted by atomic mass is 32.1. The van der Waals surface area contributed by atoms with Gasteiger partial charge in [-0.1, -0.05) is 45.0 Å². The van der Waals surface area contributed by atoms with E-state index in [1.807, 2.05) is 57.5 Å². The van der Waals surface area contributed by atoms with Crippen molar-refractivity contribution in [1.29, 1.82) is 0 Å². The summed E-state index contributed by atoms with van der Waals surface area (Å²) in [7, 11) is 0. The maximum Gasteiger partial charge on any atom is 0.306 e. The molecule has 0 aliphatic carbocycles. The molecule has 0 unspecified atom stereocenters. The van der Waals surface area contributed by atoms with Gasteiger partial charge in [-0.05, 0) is 49.4 Å². The molecule has 2 aliphatic heterocycles. The van der Waals surface area contributed by atoms with E-state index in [4.69, 9.17) is 14.6 Å². The Morgan fingerprint density at radius 2 is 1.75 bits per heavy atom. The number of likely N-dealkylation sites (tertiary alicyclic amines) is 2. The van der Waals surface area contributed by atoms with Crippen molar-refractivity contribution < 1.29 is 38.9 Å². The van der Waals surface area contributed by atoms with E-state index >= 15 is 0 Å². The maximum atomic E-state index is 13.8. The van der Waals surface area contributed by atoms with Gasteiger partial charge in [-0.15, -0.1) is 11.3 Å². The zero-order valence-electron chi connectivity index (χ0n) is 28.3. The summed E-state index contributed by atoms with van der Waals surface area (Å²) >= 11 is 1.57. The van der Waals surface area contributed by atoms with Crippen LogP contribution in [-0.2, 0) is 35.2 Å². The number of piperidine rings is 1. The van der Waals surface area contributed by atoms with Gasteiger partial charge in [0.05, 0.1) is 47.9 Å². The number of aromatic nitrogens is 1. The number of hydrogen-bond acceptors (Lipinski definition) is 10. The number of aliphatic hydroxyl groups excluding tert-OH is 1. The van der Waals surface area contributed by atoms with Crippen molar-refractivity contribution in [1.82, 2.24) is 25.4 Å². The highest BCUT2D eigenvalue weighted by molar-refractivity contribution is 7.13. The van der Waals surface area contributed by atoms with E-state index < -0.39 is 41.4 Å². The van der Waals surface area contributed by atoms with Gasteiger partial charge in [0.1, 0.15) is 18.7 Å². The van der Waals surface area contributed by atoms with Crippen LogP contribution in [-0.4, -0.2) is 119 Å². The molecule has 4 N–H and O–H groups in total. The fourth-order valence-electron chi connectivity index (χ4n) is 5.96. The number of carbonyl (C=O) groups excluding carboxylic acids is 3. The molecule has 2 fully saturated rings. The molecule has 4 rings (SSSR count). The Labute approximate surface area is 286 Å². The average Bonchev–Trinajstić information content (AvgIpc) is 3.66. The zero-order valence-corrected chi connectivity index (χ0v) is 29.1. The number of thiazole rings is 1. The van der Waals surface area contributed by atoms with Gasteiger partial charge in [0.15, 0.2) is 0 Å². The highest BCUT2D eigenvalue weighted by Crippen LogP contribution is 2.28. The number of carbonyl (C=O) groups is 4. The third-order valence-corrected chi connectivity index (χ3v) is 9.78. The molecule has 0 spiro atoms. The number of nitrogens with zero attached hydrogens (tertiary/aromatic N) is 3. The lowest BCUT2D eigenvalue weighted by atomic mass is 9.85. The van der Waals surface area contributed by atoms with Crippen LogP contribution in [0, 0.1) is 18.3 Å². The molecular formula is C34H49N5O8S. The lowest BCUT2D eigenvalue weighted by Crippen LogP contribution is -2.58. The van der Waals surface area contributed by atoms with E-state index in [-0.39, 0.29) is 44.5 Å². The molecule has 0 bridgehead atoms. The predicted octanol–water partition coefficient (Wildman–Crippen LogP) is 2.06. The zero-order chi connectivity index (χ0) is 34.8. The first-order valence-corrected chi connectivity index (χ1v) is 17.4. The number of carboxylic acids is 1. The summed E-state index contributed by atoms with van der Waals surface area (Å²) in [6.07, 6.45) is 0.530. The maximum absolute atomic E-state index is 13.8. The van der Waals surface area contributed by atoms with Crippen molar-refractivity contribution in [2.45, 2.75) is 71.7 Å². The molecule has 1 aromatic carbocycles. The summed E-state index contributed by atoms with van der Waals surface area (Å²) in [6, 6.07) is 6.04. The van der Waals surface area contributed by atoms with Crippen LogP contribution >= 0.6 is 11.3 Å². The molecule has 3 heterocycles. The van der Waals surface area contributed by atoms with E-state index in [9.17, 15) is 24.3 Å². The number of ether oxygens (including phenoxy) is 2. The van der Waals surface area contributed by atoms with E-state index in [0.29, 0.717) is 32.6 Å². The number of benzene rings is 1. The Balaban J connectivity index is 1.21. The fourth-order valence-corrected chi connectivity index (χ4v) is 6.78. The Hall–Kier alpha value is -3.43. The normalized spacial score (nSPS) is 19.6. The van der Waals surface area contributed by atoms with Crippen molar-refractivity contribution in [3.05, 3.63) is 41.0 Å². The first-order chi connectivity index (χ1) is 22.8. The number of aliphatic carboxylic acids is 1. The molecule has 14 heteroatoms. The summed E-state index contributed by atoms with van der Waals surface area (Å²) < 4.78 is 11.1. The van der Waals surface area contributed by atoms with Crippen molar-refractivity contribution in [2.75, 3.05) is 52.6 Å². The van der Waals surface area contributed by atoms with Crippen LogP contribution in [0.1, 0.15) is 51.3 Å². The number of amides is 3. The molecule has 3 atom stereocenters. The number of rotatable bonds is 15. The van der Waals surface area contributed by atoms with E-state index in [1.165, 1.54) is 4.90 Å². The van der Waals surface area contributed by atoms with Crippen LogP contribution in [0.2, 0.25) is 0 Å². The monoisotopic (exact) mass is 687 g/mol. The van der Waals surface area contributed by atoms with Gasteiger partial charge in [0, 0.05) is 26.1 Å². The second-order valence-electron chi connectivity index (χ2n) is 13.6. The van der Waals surface area contributed by atoms with Crippen molar-refractivity contribution in [3.63, 3.8) is 0 Å². The van der Waals surface area contributed by atoms with E-state index in [0.717, 1.165) is 34.8 Å². The summed E-state index contributed by atoms with van der Waals surface area (Å²) in [5, 5.41) is 25.3. The molecule has 2 saturated heterocycles. The van der Waals surface area contributed by atoms with Gasteiger partial charge >= 0.3 is 5.97 Å². The Morgan fingerprint density at radius 1 is 1.06 bits per heavy atom. The molecule has 48 heavy (non-hydrogen) atoms. The van der Waals surface area contributed by atoms with Gasteiger partial charge in [-0.25, -0.2) is 4.98 Å². The molecule has 1 aromatic heterocycles. The predicted molar refractivity (Wildman–Crippen MR) is 180 cm³/mol. The van der Waals surface area contributed by atoms with Gasteiger partial charge in [0.25, 0.3) is 0 Å². The minimum absolute atomic E-state index is 0.00627. The second kappa shape index (κ2) is 17.3. The van der Waals surface area contributed by atoms with E-state index in [2.05, 4.69) is 20.5 Å². The molecule has 3 amide bonds. The third kappa shape index (κ3) is 10.5. The Bertz CT molecular complexity index is 1390. The van der Waals surface area contributed by atoms with Gasteiger partial charge < -0.3 is 40.1 Å². The molecule has 264 valence electrons. The van der Waals surface area contributed by atoms with Crippen LogP contribution in [0.5, 0.6) is 0 Å². The number of carboxylic acid groups (broad SMARTS) is 1. The number of hydrogen-bond donors (Lipinski definition) is 4. The minimum atomic E-state index is -0.946. The molecular weight excluding hydrogens is 638 g/mol. The standard InChI is InChI=1S/C34H49N5O8S/c1-22-29(48-21-36-22)24-7-5-23(6-8-24)18-35-31(42)27-17-26(40)19-39(27)32(43)30(34(2,3)4)37-28(41)20-47-16-15-46-14-13-38-11-9-25(10-12-38)33(44)45/h5-8,21,25-27,30,40H,9-20H2,1-4H3,(H,35,42)(H,37,41)(H,44,45)/t26-,27+,30-/m1/s1. The third-order valence-electron chi connectivity index (χ3n) is 8.81. The molecule has 13 nitrogen and oxygen atoms in total. The number of aliphatic hydroxyl groups is 1. The minimum Gasteiger partial charge on any atom is -0.481 e. The lowest BCUT2D eigenvalue weighted by Gasteiger charge is -2.35.